The fraction of sp³-hybridized carbons (Fsp3) is 0.353. The highest BCUT2D eigenvalue weighted by molar-refractivity contribution is 7.89. The summed E-state index contributed by atoms with van der Waals surface area (Å²) < 4.78 is 30.0. The average Bonchev–Trinajstić information content (AvgIpc) is 3.01. The topological polar surface area (TPSA) is 82.6 Å². The van der Waals surface area contributed by atoms with E-state index in [0.717, 1.165) is 48.6 Å². The summed E-state index contributed by atoms with van der Waals surface area (Å²) in [5, 5.41) is 1.82. The van der Waals surface area contributed by atoms with Crippen molar-refractivity contribution in [3.8, 4) is 0 Å². The van der Waals surface area contributed by atoms with E-state index in [4.69, 9.17) is 0 Å². The van der Waals surface area contributed by atoms with E-state index in [2.05, 4.69) is 34.8 Å². The zero-order chi connectivity index (χ0) is 29.6. The van der Waals surface area contributed by atoms with Crippen LogP contribution in [-0.2, 0) is 20.2 Å². The molecule has 220 valence electrons. The third kappa shape index (κ3) is 7.06. The van der Waals surface area contributed by atoms with E-state index in [0.29, 0.717) is 13.1 Å². The second-order valence-electron chi connectivity index (χ2n) is 11.6. The molecule has 42 heavy (non-hydrogen) atoms. The number of piperidine rings is 1. The number of hydrogen-bond donors (Lipinski definition) is 1. The molecule has 1 unspecified atom stereocenters. The van der Waals surface area contributed by atoms with Crippen LogP contribution in [0.5, 0.6) is 0 Å². The van der Waals surface area contributed by atoms with Gasteiger partial charge in [-0.15, -0.1) is 0 Å². The monoisotopic (exact) mass is 584 g/mol. The minimum absolute atomic E-state index is 0.0163. The summed E-state index contributed by atoms with van der Waals surface area (Å²) in [4.78, 5) is 22.4. The van der Waals surface area contributed by atoms with Crippen LogP contribution >= 0.6 is 0 Å². The smallest absolute Gasteiger partial charge is 0.241 e. The van der Waals surface area contributed by atoms with Gasteiger partial charge in [0.15, 0.2) is 0 Å². The van der Waals surface area contributed by atoms with Crippen molar-refractivity contribution in [1.29, 1.82) is 0 Å². The Morgan fingerprint density at radius 1 is 0.952 bits per heavy atom. The Morgan fingerprint density at radius 3 is 2.36 bits per heavy atom. The van der Waals surface area contributed by atoms with Crippen molar-refractivity contribution >= 4 is 26.7 Å². The Bertz CT molecular complexity index is 1590. The average molecular weight is 585 g/mol. The molecule has 1 aliphatic rings. The van der Waals surface area contributed by atoms with E-state index in [1.165, 1.54) is 5.56 Å². The van der Waals surface area contributed by atoms with Gasteiger partial charge in [-0.05, 0) is 86.4 Å². The van der Waals surface area contributed by atoms with Crippen LogP contribution in [0.25, 0.3) is 10.8 Å². The zero-order valence-electron chi connectivity index (χ0n) is 24.4. The van der Waals surface area contributed by atoms with Gasteiger partial charge in [-0.2, -0.15) is 0 Å². The third-order valence-corrected chi connectivity index (χ3v) is 9.99. The Morgan fingerprint density at radius 2 is 1.67 bits per heavy atom. The van der Waals surface area contributed by atoms with Crippen molar-refractivity contribution in [2.45, 2.75) is 48.5 Å². The van der Waals surface area contributed by atoms with Crippen LogP contribution in [0.4, 0.5) is 0 Å². The minimum Gasteiger partial charge on any atom is -0.343 e. The third-order valence-electron chi connectivity index (χ3n) is 8.52. The summed E-state index contributed by atoms with van der Waals surface area (Å²) >= 11 is 0. The van der Waals surface area contributed by atoms with Gasteiger partial charge in [-0.3, -0.25) is 9.78 Å². The molecule has 3 aromatic carbocycles. The number of nitrogens with one attached hydrogen (secondary N) is 1. The van der Waals surface area contributed by atoms with Crippen molar-refractivity contribution in [1.82, 2.24) is 19.5 Å². The number of sulfonamides is 1. The minimum atomic E-state index is -3.88. The van der Waals surface area contributed by atoms with Gasteiger partial charge >= 0.3 is 0 Å². The lowest BCUT2D eigenvalue weighted by Crippen LogP contribution is -2.46. The van der Waals surface area contributed by atoms with E-state index in [1.807, 2.05) is 77.8 Å². The number of pyridine rings is 1. The molecule has 0 saturated carbocycles. The summed E-state index contributed by atoms with van der Waals surface area (Å²) in [6.45, 7) is 2.28. The summed E-state index contributed by atoms with van der Waals surface area (Å²) in [5.41, 5.74) is 1.99. The lowest BCUT2D eigenvalue weighted by molar-refractivity contribution is -0.133. The largest absolute Gasteiger partial charge is 0.343 e. The van der Waals surface area contributed by atoms with Crippen LogP contribution in [0.1, 0.15) is 49.3 Å². The first-order valence-corrected chi connectivity index (χ1v) is 16.1. The number of amides is 1. The van der Waals surface area contributed by atoms with Gasteiger partial charge < -0.3 is 9.80 Å². The number of benzene rings is 3. The number of carbonyl (C=O) groups is 1. The fourth-order valence-electron chi connectivity index (χ4n) is 6.08. The van der Waals surface area contributed by atoms with Crippen molar-refractivity contribution in [2.75, 3.05) is 33.7 Å². The predicted molar refractivity (Wildman–Crippen MR) is 168 cm³/mol. The Hall–Kier alpha value is -3.59. The Labute approximate surface area is 249 Å². The lowest BCUT2D eigenvalue weighted by Gasteiger charge is -2.43. The number of hydrogen-bond acceptors (Lipinski definition) is 5. The number of likely N-dealkylation sites (tertiary alicyclic amines) is 1. The highest BCUT2D eigenvalue weighted by atomic mass is 32.2. The van der Waals surface area contributed by atoms with E-state index >= 15 is 0 Å². The molecule has 1 aliphatic heterocycles. The SMILES string of the molecule is CN(C)CCCC1(c2cccnc2)CCN(C(=O)CC(NS(=O)(=O)c2ccc3ccccc3c2)c2ccccc2)CC1. The van der Waals surface area contributed by atoms with Gasteiger partial charge in [-0.25, -0.2) is 13.1 Å². The molecular weight excluding hydrogens is 544 g/mol. The normalized spacial score (nSPS) is 16.0. The molecule has 2 heterocycles. The fourth-order valence-corrected chi connectivity index (χ4v) is 7.34. The first-order chi connectivity index (χ1) is 20.3. The number of aromatic nitrogens is 1. The van der Waals surface area contributed by atoms with E-state index in [9.17, 15) is 13.2 Å². The van der Waals surface area contributed by atoms with Crippen molar-refractivity contribution in [2.24, 2.45) is 0 Å². The summed E-state index contributed by atoms with van der Waals surface area (Å²) in [5.74, 6) is -0.0434. The highest BCUT2D eigenvalue weighted by Crippen LogP contribution is 2.40. The van der Waals surface area contributed by atoms with E-state index < -0.39 is 16.1 Å². The van der Waals surface area contributed by atoms with Gasteiger partial charge in [0.25, 0.3) is 0 Å². The molecule has 1 aromatic heterocycles. The highest BCUT2D eigenvalue weighted by Gasteiger charge is 2.38. The van der Waals surface area contributed by atoms with Crippen LogP contribution in [0.3, 0.4) is 0 Å². The maximum atomic E-state index is 13.7. The van der Waals surface area contributed by atoms with E-state index in [1.54, 1.807) is 18.3 Å². The molecule has 1 N–H and O–H groups in total. The number of carbonyl (C=O) groups excluding carboxylic acids is 1. The summed E-state index contributed by atoms with van der Waals surface area (Å²) in [6.07, 6.45) is 7.66. The molecule has 1 amide bonds. The van der Waals surface area contributed by atoms with Crippen LogP contribution in [0, 0.1) is 0 Å². The van der Waals surface area contributed by atoms with E-state index in [-0.39, 0.29) is 22.6 Å². The van der Waals surface area contributed by atoms with Crippen LogP contribution < -0.4 is 4.72 Å². The van der Waals surface area contributed by atoms with Crippen LogP contribution in [0.2, 0.25) is 0 Å². The Balaban J connectivity index is 1.32. The molecular formula is C34H40N4O3S. The molecule has 8 heteroatoms. The molecule has 1 saturated heterocycles. The number of rotatable bonds is 11. The summed E-state index contributed by atoms with van der Waals surface area (Å²) in [7, 11) is 0.306. The first kappa shape index (κ1) is 29.9. The molecule has 1 atom stereocenters. The van der Waals surface area contributed by atoms with Gasteiger partial charge in [0.2, 0.25) is 15.9 Å². The standard InChI is InChI=1S/C34H40N4O3S/c1-37(2)21-9-17-34(30-14-8-20-35-26-30)18-22-38(23-19-34)33(39)25-32(28-11-4-3-5-12-28)36-42(40,41)31-16-15-27-10-6-7-13-29(27)24-31/h3-8,10-16,20,24,26,32,36H,9,17-19,21-23,25H2,1-2H3. The van der Waals surface area contributed by atoms with Gasteiger partial charge in [0, 0.05) is 37.3 Å². The number of fused-ring (bicyclic) bond motifs is 1. The van der Waals surface area contributed by atoms with Crippen LogP contribution in [0.15, 0.2) is 102 Å². The molecule has 7 nitrogen and oxygen atoms in total. The molecule has 0 aliphatic carbocycles. The molecule has 1 fully saturated rings. The summed E-state index contributed by atoms with van der Waals surface area (Å²) in [6, 6.07) is 25.6. The quantitative estimate of drug-likeness (QED) is 0.250. The van der Waals surface area contributed by atoms with Crippen molar-refractivity contribution in [3.63, 3.8) is 0 Å². The number of nitrogens with zero attached hydrogens (tertiary/aromatic N) is 3. The van der Waals surface area contributed by atoms with Gasteiger partial charge in [0.1, 0.15) is 0 Å². The maximum absolute atomic E-state index is 13.7. The predicted octanol–water partition coefficient (Wildman–Crippen LogP) is 5.55. The molecule has 5 rings (SSSR count). The van der Waals surface area contributed by atoms with Crippen LogP contribution in [-0.4, -0.2) is 62.8 Å². The molecule has 0 bridgehead atoms. The Kier molecular flexibility index (Phi) is 9.36. The van der Waals surface area contributed by atoms with Gasteiger partial charge in [-0.1, -0.05) is 66.7 Å². The first-order valence-electron chi connectivity index (χ1n) is 14.6. The van der Waals surface area contributed by atoms with Crippen molar-refractivity contribution < 1.29 is 13.2 Å². The zero-order valence-corrected chi connectivity index (χ0v) is 25.3. The second-order valence-corrected chi connectivity index (χ2v) is 13.3. The lowest BCUT2D eigenvalue weighted by atomic mass is 9.70. The van der Waals surface area contributed by atoms with Gasteiger partial charge in [0.05, 0.1) is 10.9 Å². The molecule has 0 radical (unpaired) electrons. The molecule has 4 aromatic rings. The molecule has 0 spiro atoms. The second kappa shape index (κ2) is 13.2. The maximum Gasteiger partial charge on any atom is 0.241 e. The van der Waals surface area contributed by atoms with Crippen molar-refractivity contribution in [3.05, 3.63) is 108 Å².